The number of hydrogen-bond donors (Lipinski definition) is 1. The Labute approximate surface area is 108 Å². The molecule has 1 heterocycles. The molecule has 0 spiro atoms. The zero-order valence-corrected chi connectivity index (χ0v) is 11.3. The van der Waals surface area contributed by atoms with Gasteiger partial charge in [-0.25, -0.2) is 0 Å². The number of carbonyl (C=O) groups excluding carboxylic acids is 2. The van der Waals surface area contributed by atoms with Gasteiger partial charge < -0.3 is 10.2 Å². The Kier molecular flexibility index (Phi) is 4.71. The zero-order chi connectivity index (χ0) is 13.8. The lowest BCUT2D eigenvalue weighted by molar-refractivity contribution is -0.132. The highest BCUT2D eigenvalue weighted by atomic mass is 16.2. The van der Waals surface area contributed by atoms with E-state index in [1.54, 1.807) is 4.90 Å². The second-order valence-electron chi connectivity index (χ2n) is 5.71. The predicted octanol–water partition coefficient (Wildman–Crippen LogP) is 1.05. The van der Waals surface area contributed by atoms with Crippen LogP contribution in [0, 0.1) is 16.7 Å². The summed E-state index contributed by atoms with van der Waals surface area (Å²) in [7, 11) is 0. The van der Waals surface area contributed by atoms with E-state index in [-0.39, 0.29) is 29.7 Å². The van der Waals surface area contributed by atoms with Crippen LogP contribution in [-0.4, -0.2) is 35.8 Å². The molecular weight excluding hydrogens is 230 g/mol. The maximum Gasteiger partial charge on any atom is 0.236 e. The molecule has 1 aliphatic heterocycles. The van der Waals surface area contributed by atoms with E-state index in [0.29, 0.717) is 13.1 Å². The van der Waals surface area contributed by atoms with Crippen molar-refractivity contribution >= 4 is 11.8 Å². The first-order chi connectivity index (χ1) is 8.34. The van der Waals surface area contributed by atoms with Gasteiger partial charge in [-0.2, -0.15) is 5.26 Å². The van der Waals surface area contributed by atoms with Gasteiger partial charge in [0.25, 0.3) is 0 Å². The van der Waals surface area contributed by atoms with E-state index in [0.717, 1.165) is 12.8 Å². The number of hydrogen-bond acceptors (Lipinski definition) is 3. The fourth-order valence-electron chi connectivity index (χ4n) is 1.85. The summed E-state index contributed by atoms with van der Waals surface area (Å²) in [5.74, 6) is -0.0672. The average Bonchev–Trinajstić information content (AvgIpc) is 2.29. The summed E-state index contributed by atoms with van der Waals surface area (Å²) < 4.78 is 0. The highest BCUT2D eigenvalue weighted by Gasteiger charge is 2.27. The summed E-state index contributed by atoms with van der Waals surface area (Å²) in [5, 5.41) is 11.5. The second kappa shape index (κ2) is 5.85. The Balaban J connectivity index is 2.39. The lowest BCUT2D eigenvalue weighted by Crippen LogP contribution is -2.48. The lowest BCUT2D eigenvalue weighted by atomic mass is 9.94. The van der Waals surface area contributed by atoms with E-state index in [9.17, 15) is 9.59 Å². The van der Waals surface area contributed by atoms with E-state index >= 15 is 0 Å². The van der Waals surface area contributed by atoms with Gasteiger partial charge in [0.05, 0.1) is 6.07 Å². The largest absolute Gasteiger partial charge is 0.353 e. The van der Waals surface area contributed by atoms with Crippen molar-refractivity contribution in [1.29, 1.82) is 5.26 Å². The van der Waals surface area contributed by atoms with Crippen LogP contribution in [0.5, 0.6) is 0 Å². The van der Waals surface area contributed by atoms with Crippen LogP contribution in [-0.2, 0) is 9.59 Å². The molecule has 1 aliphatic rings. The Morgan fingerprint density at radius 3 is 2.33 bits per heavy atom. The number of carbonyl (C=O) groups is 2. The van der Waals surface area contributed by atoms with Gasteiger partial charge in [0, 0.05) is 24.5 Å². The van der Waals surface area contributed by atoms with Gasteiger partial charge in [0.15, 0.2) is 0 Å². The zero-order valence-electron chi connectivity index (χ0n) is 11.3. The van der Waals surface area contributed by atoms with E-state index in [1.807, 2.05) is 26.8 Å². The molecule has 0 atom stereocenters. The van der Waals surface area contributed by atoms with Crippen LogP contribution in [0.2, 0.25) is 0 Å². The second-order valence-corrected chi connectivity index (χ2v) is 5.71. The fourth-order valence-corrected chi connectivity index (χ4v) is 1.85. The maximum absolute atomic E-state index is 11.8. The predicted molar refractivity (Wildman–Crippen MR) is 67.4 cm³/mol. The number of nitrogens with zero attached hydrogens (tertiary/aromatic N) is 2. The number of rotatable bonds is 2. The maximum atomic E-state index is 11.8. The Morgan fingerprint density at radius 2 is 1.89 bits per heavy atom. The summed E-state index contributed by atoms with van der Waals surface area (Å²) in [5.41, 5.74) is -0.381. The van der Waals surface area contributed by atoms with Crippen molar-refractivity contribution in [1.82, 2.24) is 10.2 Å². The monoisotopic (exact) mass is 251 g/mol. The van der Waals surface area contributed by atoms with Gasteiger partial charge in [-0.1, -0.05) is 20.8 Å². The SMILES string of the molecule is CC(C)(C)C(=O)NC1CCN(C(=O)CC#N)CC1. The van der Waals surface area contributed by atoms with Gasteiger partial charge in [-0.05, 0) is 12.8 Å². The molecule has 5 nitrogen and oxygen atoms in total. The molecule has 0 bridgehead atoms. The van der Waals surface area contributed by atoms with Crippen LogP contribution in [0.25, 0.3) is 0 Å². The van der Waals surface area contributed by atoms with Crippen molar-refractivity contribution in [2.24, 2.45) is 5.41 Å². The molecule has 0 saturated carbocycles. The van der Waals surface area contributed by atoms with Crippen LogP contribution in [0.3, 0.4) is 0 Å². The van der Waals surface area contributed by atoms with Gasteiger partial charge in [0.2, 0.25) is 11.8 Å². The molecule has 1 fully saturated rings. The number of piperidine rings is 1. The minimum Gasteiger partial charge on any atom is -0.353 e. The Hall–Kier alpha value is -1.57. The number of likely N-dealkylation sites (tertiary alicyclic amines) is 1. The molecule has 0 aromatic heterocycles. The minimum atomic E-state index is -0.381. The molecule has 1 rings (SSSR count). The first-order valence-electron chi connectivity index (χ1n) is 6.30. The van der Waals surface area contributed by atoms with E-state index in [4.69, 9.17) is 5.26 Å². The molecular formula is C13H21N3O2. The molecule has 18 heavy (non-hydrogen) atoms. The molecule has 5 heteroatoms. The number of amides is 2. The summed E-state index contributed by atoms with van der Waals surface area (Å²) >= 11 is 0. The molecule has 0 aliphatic carbocycles. The molecule has 100 valence electrons. The van der Waals surface area contributed by atoms with Gasteiger partial charge in [0.1, 0.15) is 6.42 Å². The number of nitriles is 1. The smallest absolute Gasteiger partial charge is 0.236 e. The van der Waals surface area contributed by atoms with Gasteiger partial charge in [-0.3, -0.25) is 9.59 Å². The molecule has 0 aromatic carbocycles. The molecule has 2 amide bonds. The van der Waals surface area contributed by atoms with Crippen LogP contribution in [0.15, 0.2) is 0 Å². The third kappa shape index (κ3) is 4.02. The Bertz CT molecular complexity index is 357. The van der Waals surface area contributed by atoms with Crippen LogP contribution < -0.4 is 5.32 Å². The highest BCUT2D eigenvalue weighted by molar-refractivity contribution is 5.81. The van der Waals surface area contributed by atoms with Crippen LogP contribution in [0.1, 0.15) is 40.0 Å². The molecule has 1 saturated heterocycles. The minimum absolute atomic E-state index is 0.0456. The first kappa shape index (κ1) is 14.5. The lowest BCUT2D eigenvalue weighted by Gasteiger charge is -2.33. The van der Waals surface area contributed by atoms with Crippen molar-refractivity contribution < 1.29 is 9.59 Å². The molecule has 0 radical (unpaired) electrons. The first-order valence-corrected chi connectivity index (χ1v) is 6.30. The standard InChI is InChI=1S/C13H21N3O2/c1-13(2,3)12(18)15-10-5-8-16(9-6-10)11(17)4-7-14/h10H,4-6,8-9H2,1-3H3,(H,15,18). The summed E-state index contributed by atoms with van der Waals surface area (Å²) in [4.78, 5) is 25.0. The van der Waals surface area contributed by atoms with E-state index in [1.165, 1.54) is 0 Å². The normalized spacial score (nSPS) is 17.1. The summed E-state index contributed by atoms with van der Waals surface area (Å²) in [6, 6.07) is 2.01. The quantitative estimate of drug-likeness (QED) is 0.797. The third-order valence-corrected chi connectivity index (χ3v) is 3.09. The van der Waals surface area contributed by atoms with Crippen LogP contribution >= 0.6 is 0 Å². The van der Waals surface area contributed by atoms with Crippen molar-refractivity contribution in [3.63, 3.8) is 0 Å². The van der Waals surface area contributed by atoms with Crippen molar-refractivity contribution in [3.05, 3.63) is 0 Å². The Morgan fingerprint density at radius 1 is 1.33 bits per heavy atom. The highest BCUT2D eigenvalue weighted by Crippen LogP contribution is 2.16. The summed E-state index contributed by atoms with van der Waals surface area (Å²) in [6.45, 7) is 6.89. The van der Waals surface area contributed by atoms with Crippen LogP contribution in [0.4, 0.5) is 0 Å². The topological polar surface area (TPSA) is 73.2 Å². The molecule has 0 aromatic rings. The van der Waals surface area contributed by atoms with Crippen molar-refractivity contribution in [2.75, 3.05) is 13.1 Å². The average molecular weight is 251 g/mol. The van der Waals surface area contributed by atoms with E-state index in [2.05, 4.69) is 5.32 Å². The fraction of sp³-hybridized carbons (Fsp3) is 0.769. The van der Waals surface area contributed by atoms with Crippen molar-refractivity contribution in [2.45, 2.75) is 46.1 Å². The third-order valence-electron chi connectivity index (χ3n) is 3.09. The summed E-state index contributed by atoms with van der Waals surface area (Å²) in [6.07, 6.45) is 1.47. The van der Waals surface area contributed by atoms with Gasteiger partial charge >= 0.3 is 0 Å². The number of nitrogens with one attached hydrogen (secondary N) is 1. The van der Waals surface area contributed by atoms with Crippen molar-refractivity contribution in [3.8, 4) is 6.07 Å². The molecule has 0 unspecified atom stereocenters. The van der Waals surface area contributed by atoms with E-state index < -0.39 is 0 Å². The van der Waals surface area contributed by atoms with Gasteiger partial charge in [-0.15, -0.1) is 0 Å². The molecule has 1 N–H and O–H groups in total.